The van der Waals surface area contributed by atoms with Crippen LogP contribution in [0.4, 0.5) is 8.78 Å². The number of carbonyl (C=O) groups excluding carboxylic acids is 2. The van der Waals surface area contributed by atoms with E-state index in [0.29, 0.717) is 12.1 Å². The summed E-state index contributed by atoms with van der Waals surface area (Å²) in [6.45, 7) is 2.68. The summed E-state index contributed by atoms with van der Waals surface area (Å²) in [6, 6.07) is 0.435. The molecule has 2 amide bonds. The lowest BCUT2D eigenvalue weighted by molar-refractivity contribution is -0.119. The van der Waals surface area contributed by atoms with Crippen molar-refractivity contribution in [1.29, 1.82) is 0 Å². The summed E-state index contributed by atoms with van der Waals surface area (Å²) < 4.78 is 26.4. The molecule has 1 aromatic rings. The maximum Gasteiger partial charge on any atom is 0.336 e. The van der Waals surface area contributed by atoms with Gasteiger partial charge in [0.2, 0.25) is 5.91 Å². The zero-order valence-corrected chi connectivity index (χ0v) is 11.4. The number of amides is 2. The maximum absolute atomic E-state index is 13.3. The molecule has 0 aliphatic rings. The minimum absolute atomic E-state index is 0.424. The van der Waals surface area contributed by atoms with Crippen molar-refractivity contribution < 1.29 is 28.3 Å². The number of primary amides is 1. The van der Waals surface area contributed by atoms with Crippen molar-refractivity contribution in [2.75, 3.05) is 6.54 Å². The van der Waals surface area contributed by atoms with Crippen LogP contribution in [0.2, 0.25) is 0 Å². The summed E-state index contributed by atoms with van der Waals surface area (Å²) in [5.74, 6) is -6.04. The van der Waals surface area contributed by atoms with Crippen LogP contribution >= 0.6 is 0 Å². The van der Waals surface area contributed by atoms with E-state index >= 15 is 0 Å². The van der Waals surface area contributed by atoms with Gasteiger partial charge in [0, 0.05) is 6.04 Å². The molecule has 21 heavy (non-hydrogen) atoms. The number of nitrogens with two attached hydrogens (primary N) is 1. The molecule has 0 radical (unpaired) electrons. The summed E-state index contributed by atoms with van der Waals surface area (Å²) in [6.07, 6.45) is 0. The van der Waals surface area contributed by atoms with Crippen molar-refractivity contribution >= 4 is 17.8 Å². The summed E-state index contributed by atoms with van der Waals surface area (Å²) in [5.41, 5.74) is 3.78. The van der Waals surface area contributed by atoms with Gasteiger partial charge in [-0.05, 0) is 26.0 Å². The van der Waals surface area contributed by atoms with E-state index < -0.39 is 53.1 Å². The van der Waals surface area contributed by atoms with Gasteiger partial charge in [0.05, 0.1) is 17.7 Å². The average Bonchev–Trinajstić information content (AvgIpc) is 2.37. The number of nitrogens with zero attached hydrogens (tertiary/aromatic N) is 1. The zero-order chi connectivity index (χ0) is 16.3. The van der Waals surface area contributed by atoms with Gasteiger partial charge in [-0.15, -0.1) is 0 Å². The lowest BCUT2D eigenvalue weighted by atomic mass is 10.0. The summed E-state index contributed by atoms with van der Waals surface area (Å²) >= 11 is 0. The molecular weight excluding hydrogens is 286 g/mol. The molecule has 0 atom stereocenters. The highest BCUT2D eigenvalue weighted by Gasteiger charge is 2.26. The van der Waals surface area contributed by atoms with Crippen molar-refractivity contribution in [1.82, 2.24) is 4.90 Å². The first-order chi connectivity index (χ1) is 9.65. The second-order valence-corrected chi connectivity index (χ2v) is 4.61. The fraction of sp³-hybridized carbons (Fsp3) is 0.308. The van der Waals surface area contributed by atoms with Gasteiger partial charge in [0.1, 0.15) is 0 Å². The molecule has 0 heterocycles. The molecule has 0 saturated carbocycles. The molecule has 0 aromatic heterocycles. The monoisotopic (exact) mass is 300 g/mol. The predicted octanol–water partition coefficient (Wildman–Crippen LogP) is 0.999. The second-order valence-electron chi connectivity index (χ2n) is 4.61. The van der Waals surface area contributed by atoms with Crippen LogP contribution < -0.4 is 5.73 Å². The Labute approximate surface area is 119 Å². The van der Waals surface area contributed by atoms with Crippen LogP contribution in [-0.4, -0.2) is 40.4 Å². The number of hydrogen-bond acceptors (Lipinski definition) is 3. The third kappa shape index (κ3) is 3.74. The van der Waals surface area contributed by atoms with Crippen LogP contribution in [0, 0.1) is 11.6 Å². The van der Waals surface area contributed by atoms with Gasteiger partial charge in [-0.25, -0.2) is 13.6 Å². The highest BCUT2D eigenvalue weighted by molar-refractivity contribution is 6.05. The highest BCUT2D eigenvalue weighted by atomic mass is 19.2. The quantitative estimate of drug-likeness (QED) is 0.847. The first-order valence-electron chi connectivity index (χ1n) is 5.96. The predicted molar refractivity (Wildman–Crippen MR) is 68.7 cm³/mol. The Kier molecular flexibility index (Phi) is 4.96. The van der Waals surface area contributed by atoms with Crippen LogP contribution in [0.25, 0.3) is 0 Å². The zero-order valence-electron chi connectivity index (χ0n) is 11.4. The molecule has 0 saturated heterocycles. The second kappa shape index (κ2) is 6.29. The number of halogens is 2. The molecule has 0 unspecified atom stereocenters. The van der Waals surface area contributed by atoms with Gasteiger partial charge in [-0.2, -0.15) is 0 Å². The first kappa shape index (κ1) is 16.5. The Balaban J connectivity index is 3.36. The van der Waals surface area contributed by atoms with E-state index in [1.165, 1.54) is 0 Å². The van der Waals surface area contributed by atoms with Crippen LogP contribution in [0.15, 0.2) is 12.1 Å². The Hall–Kier alpha value is -2.51. The smallest absolute Gasteiger partial charge is 0.336 e. The van der Waals surface area contributed by atoms with E-state index in [9.17, 15) is 23.2 Å². The Morgan fingerprint density at radius 1 is 1.19 bits per heavy atom. The lowest BCUT2D eigenvalue weighted by Crippen LogP contribution is -2.43. The fourth-order valence-electron chi connectivity index (χ4n) is 1.71. The number of benzene rings is 1. The summed E-state index contributed by atoms with van der Waals surface area (Å²) in [5, 5.41) is 8.98. The molecule has 3 N–H and O–H groups in total. The SMILES string of the molecule is CC(C)N(CC(N)=O)C(=O)c1cc(F)c(F)cc1C(=O)O. The summed E-state index contributed by atoms with van der Waals surface area (Å²) in [7, 11) is 0. The van der Waals surface area contributed by atoms with Gasteiger partial charge in [-0.3, -0.25) is 9.59 Å². The number of hydrogen-bond donors (Lipinski definition) is 2. The Bertz CT molecular complexity index is 602. The third-order valence-corrected chi connectivity index (χ3v) is 2.73. The first-order valence-corrected chi connectivity index (χ1v) is 5.96. The molecule has 1 rings (SSSR count). The van der Waals surface area contributed by atoms with Gasteiger partial charge in [0.15, 0.2) is 11.6 Å². The molecule has 0 bridgehead atoms. The van der Waals surface area contributed by atoms with Crippen molar-refractivity contribution in [3.8, 4) is 0 Å². The van der Waals surface area contributed by atoms with Crippen LogP contribution in [0.1, 0.15) is 34.6 Å². The van der Waals surface area contributed by atoms with E-state index in [1.807, 2.05) is 0 Å². The van der Waals surface area contributed by atoms with E-state index in [1.54, 1.807) is 13.8 Å². The summed E-state index contributed by atoms with van der Waals surface area (Å²) in [4.78, 5) is 35.3. The number of rotatable bonds is 5. The minimum Gasteiger partial charge on any atom is -0.478 e. The normalized spacial score (nSPS) is 10.5. The number of carboxylic acid groups (broad SMARTS) is 1. The van der Waals surface area contributed by atoms with Crippen molar-refractivity contribution in [3.05, 3.63) is 34.9 Å². The minimum atomic E-state index is -1.58. The topological polar surface area (TPSA) is 101 Å². The van der Waals surface area contributed by atoms with Gasteiger partial charge >= 0.3 is 5.97 Å². The molecule has 0 aliphatic carbocycles. The molecule has 0 aliphatic heterocycles. The molecule has 1 aromatic carbocycles. The van der Waals surface area contributed by atoms with Crippen LogP contribution in [0.5, 0.6) is 0 Å². The lowest BCUT2D eigenvalue weighted by Gasteiger charge is -2.26. The molecule has 6 nitrogen and oxygen atoms in total. The third-order valence-electron chi connectivity index (χ3n) is 2.73. The van der Waals surface area contributed by atoms with Crippen molar-refractivity contribution in [2.24, 2.45) is 5.73 Å². The van der Waals surface area contributed by atoms with E-state index in [0.717, 1.165) is 4.90 Å². The molecule has 0 fully saturated rings. The largest absolute Gasteiger partial charge is 0.478 e. The number of carboxylic acids is 1. The van der Waals surface area contributed by atoms with Crippen molar-refractivity contribution in [2.45, 2.75) is 19.9 Å². The van der Waals surface area contributed by atoms with Gasteiger partial charge in [0.25, 0.3) is 5.91 Å². The highest BCUT2D eigenvalue weighted by Crippen LogP contribution is 2.18. The maximum atomic E-state index is 13.3. The average molecular weight is 300 g/mol. The Morgan fingerprint density at radius 2 is 1.67 bits per heavy atom. The van der Waals surface area contributed by atoms with Crippen LogP contribution in [0.3, 0.4) is 0 Å². The molecular formula is C13H14F2N2O4. The molecule has 8 heteroatoms. The number of aromatic carboxylic acids is 1. The Morgan fingerprint density at radius 3 is 2.05 bits per heavy atom. The van der Waals surface area contributed by atoms with Gasteiger partial charge < -0.3 is 15.7 Å². The number of carbonyl (C=O) groups is 3. The van der Waals surface area contributed by atoms with E-state index in [2.05, 4.69) is 0 Å². The standard InChI is InChI=1S/C13H14F2N2O4/c1-6(2)17(5-11(16)18)12(19)7-3-9(14)10(15)4-8(7)13(20)21/h3-4,6H,5H2,1-2H3,(H2,16,18)(H,20,21). The van der Waals surface area contributed by atoms with Gasteiger partial charge in [-0.1, -0.05) is 0 Å². The van der Waals surface area contributed by atoms with E-state index in [4.69, 9.17) is 10.8 Å². The molecule has 0 spiro atoms. The van der Waals surface area contributed by atoms with E-state index in [-0.39, 0.29) is 0 Å². The fourth-order valence-corrected chi connectivity index (χ4v) is 1.71. The van der Waals surface area contributed by atoms with Crippen LogP contribution in [-0.2, 0) is 4.79 Å². The van der Waals surface area contributed by atoms with Crippen molar-refractivity contribution in [3.63, 3.8) is 0 Å². The molecule has 114 valence electrons.